The molecule has 17 heavy (non-hydrogen) atoms. The zero-order chi connectivity index (χ0) is 11.7. The molecule has 0 amide bonds. The van der Waals surface area contributed by atoms with Gasteiger partial charge in [-0.2, -0.15) is 0 Å². The molecule has 4 heteroatoms. The van der Waals surface area contributed by atoms with Crippen molar-refractivity contribution in [2.24, 2.45) is 0 Å². The highest BCUT2D eigenvalue weighted by atomic mass is 15.0. The van der Waals surface area contributed by atoms with E-state index < -0.39 is 0 Å². The molecule has 1 N–H and O–H groups in total. The van der Waals surface area contributed by atoms with E-state index in [2.05, 4.69) is 26.3 Å². The average molecular weight is 228 g/mol. The molecule has 0 spiro atoms. The number of fused-ring (bicyclic) bond motifs is 1. The van der Waals surface area contributed by atoms with Crippen molar-refractivity contribution in [3.05, 3.63) is 29.8 Å². The molecule has 1 aliphatic heterocycles. The van der Waals surface area contributed by atoms with Gasteiger partial charge in [-0.25, -0.2) is 15.0 Å². The second kappa shape index (κ2) is 4.37. The Morgan fingerprint density at radius 3 is 3.12 bits per heavy atom. The van der Waals surface area contributed by atoms with Crippen molar-refractivity contribution in [2.45, 2.75) is 25.7 Å². The second-order valence-electron chi connectivity index (χ2n) is 4.57. The first-order valence-corrected chi connectivity index (χ1v) is 6.14. The molecule has 1 fully saturated rings. The van der Waals surface area contributed by atoms with Crippen molar-refractivity contribution in [3.8, 4) is 0 Å². The Hall–Kier alpha value is -1.55. The van der Waals surface area contributed by atoms with Gasteiger partial charge in [-0.3, -0.25) is 0 Å². The van der Waals surface area contributed by atoms with E-state index in [1.807, 2.05) is 13.0 Å². The lowest BCUT2D eigenvalue weighted by Crippen LogP contribution is -2.29. The minimum atomic E-state index is 0.497. The van der Waals surface area contributed by atoms with E-state index in [9.17, 15) is 0 Å². The first-order valence-electron chi connectivity index (χ1n) is 6.14. The number of piperidine rings is 1. The Morgan fingerprint density at radius 1 is 1.35 bits per heavy atom. The van der Waals surface area contributed by atoms with E-state index in [0.29, 0.717) is 5.92 Å². The lowest BCUT2D eigenvalue weighted by atomic mass is 9.94. The van der Waals surface area contributed by atoms with Gasteiger partial charge in [0.1, 0.15) is 5.82 Å². The lowest BCUT2D eigenvalue weighted by molar-refractivity contribution is 0.456. The van der Waals surface area contributed by atoms with Crippen LogP contribution in [0.5, 0.6) is 0 Å². The summed E-state index contributed by atoms with van der Waals surface area (Å²) < 4.78 is 0. The van der Waals surface area contributed by atoms with Gasteiger partial charge in [0, 0.05) is 24.0 Å². The van der Waals surface area contributed by atoms with Crippen LogP contribution < -0.4 is 5.32 Å². The number of nitrogens with one attached hydrogen (secondary N) is 1. The smallest absolute Gasteiger partial charge is 0.163 e. The van der Waals surface area contributed by atoms with Gasteiger partial charge in [-0.05, 0) is 38.4 Å². The van der Waals surface area contributed by atoms with Crippen LogP contribution in [0.3, 0.4) is 0 Å². The van der Waals surface area contributed by atoms with Gasteiger partial charge in [0.25, 0.3) is 0 Å². The van der Waals surface area contributed by atoms with Crippen LogP contribution in [0, 0.1) is 6.92 Å². The normalized spacial score (nSPS) is 20.6. The molecule has 88 valence electrons. The molecule has 2 aromatic heterocycles. The van der Waals surface area contributed by atoms with Crippen molar-refractivity contribution in [1.82, 2.24) is 20.3 Å². The van der Waals surface area contributed by atoms with Crippen LogP contribution in [0.1, 0.15) is 30.3 Å². The van der Waals surface area contributed by atoms with Crippen LogP contribution in [-0.4, -0.2) is 28.0 Å². The molecular formula is C13H16N4. The maximum Gasteiger partial charge on any atom is 0.163 e. The van der Waals surface area contributed by atoms with E-state index in [1.165, 1.54) is 12.8 Å². The summed E-state index contributed by atoms with van der Waals surface area (Å²) in [4.78, 5) is 13.3. The highest BCUT2D eigenvalue weighted by Crippen LogP contribution is 2.26. The number of hydrogen-bond donors (Lipinski definition) is 1. The number of aromatic nitrogens is 3. The minimum absolute atomic E-state index is 0.497. The zero-order valence-electron chi connectivity index (χ0n) is 9.98. The third-order valence-corrected chi connectivity index (χ3v) is 3.30. The topological polar surface area (TPSA) is 50.7 Å². The van der Waals surface area contributed by atoms with E-state index in [-0.39, 0.29) is 0 Å². The number of rotatable bonds is 1. The summed E-state index contributed by atoms with van der Waals surface area (Å²) >= 11 is 0. The summed E-state index contributed by atoms with van der Waals surface area (Å²) in [5, 5.41) is 4.54. The predicted octanol–water partition coefficient (Wildman–Crippen LogP) is 1.80. The van der Waals surface area contributed by atoms with Gasteiger partial charge in [-0.15, -0.1) is 0 Å². The molecule has 0 unspecified atom stereocenters. The van der Waals surface area contributed by atoms with Crippen LogP contribution in [0.4, 0.5) is 0 Å². The largest absolute Gasteiger partial charge is 0.316 e. The Kier molecular flexibility index (Phi) is 2.73. The van der Waals surface area contributed by atoms with Crippen LogP contribution >= 0.6 is 0 Å². The molecule has 1 aliphatic rings. The van der Waals surface area contributed by atoms with Crippen molar-refractivity contribution in [3.63, 3.8) is 0 Å². The molecule has 1 atom stereocenters. The predicted molar refractivity (Wildman–Crippen MR) is 66.9 cm³/mol. The molecular weight excluding hydrogens is 212 g/mol. The van der Waals surface area contributed by atoms with Gasteiger partial charge < -0.3 is 5.32 Å². The molecule has 0 bridgehead atoms. The fraction of sp³-hybridized carbons (Fsp3) is 0.462. The molecule has 2 aromatic rings. The van der Waals surface area contributed by atoms with Crippen molar-refractivity contribution < 1.29 is 0 Å². The molecule has 0 aliphatic carbocycles. The summed E-state index contributed by atoms with van der Waals surface area (Å²) in [5.41, 5.74) is 1.98. The van der Waals surface area contributed by atoms with Gasteiger partial charge in [0.15, 0.2) is 5.65 Å². The Labute approximate surface area is 101 Å². The second-order valence-corrected chi connectivity index (χ2v) is 4.57. The zero-order valence-corrected chi connectivity index (χ0v) is 9.98. The molecule has 3 rings (SSSR count). The van der Waals surface area contributed by atoms with Crippen molar-refractivity contribution in [2.75, 3.05) is 13.1 Å². The van der Waals surface area contributed by atoms with Crippen LogP contribution in [0.2, 0.25) is 0 Å². The lowest BCUT2D eigenvalue weighted by Gasteiger charge is -2.23. The Bertz CT molecular complexity index is 532. The SMILES string of the molecule is Cc1nc([C@@H]2CCCNC2)c2cccnc2n1. The van der Waals surface area contributed by atoms with Crippen molar-refractivity contribution >= 4 is 11.0 Å². The van der Waals surface area contributed by atoms with E-state index in [0.717, 1.165) is 35.6 Å². The molecule has 1 saturated heterocycles. The average Bonchev–Trinajstić information content (AvgIpc) is 2.39. The highest BCUT2D eigenvalue weighted by Gasteiger charge is 2.19. The summed E-state index contributed by atoms with van der Waals surface area (Å²) in [5.74, 6) is 1.31. The fourth-order valence-corrected chi connectivity index (χ4v) is 2.50. The number of hydrogen-bond acceptors (Lipinski definition) is 4. The first-order chi connectivity index (χ1) is 8.34. The van der Waals surface area contributed by atoms with E-state index >= 15 is 0 Å². The fourth-order valence-electron chi connectivity index (χ4n) is 2.50. The minimum Gasteiger partial charge on any atom is -0.316 e. The van der Waals surface area contributed by atoms with E-state index in [1.54, 1.807) is 6.20 Å². The van der Waals surface area contributed by atoms with Crippen LogP contribution in [0.15, 0.2) is 18.3 Å². The number of pyridine rings is 1. The summed E-state index contributed by atoms with van der Waals surface area (Å²) in [6.45, 7) is 4.07. The van der Waals surface area contributed by atoms with E-state index in [4.69, 9.17) is 0 Å². The Balaban J connectivity index is 2.13. The van der Waals surface area contributed by atoms with Gasteiger partial charge in [0.05, 0.1) is 5.69 Å². The van der Waals surface area contributed by atoms with Gasteiger partial charge in [0.2, 0.25) is 0 Å². The van der Waals surface area contributed by atoms with Crippen molar-refractivity contribution in [1.29, 1.82) is 0 Å². The quantitative estimate of drug-likeness (QED) is 0.808. The molecule has 3 heterocycles. The standard InChI is InChI=1S/C13H16N4/c1-9-16-12(10-4-2-6-14-8-10)11-5-3-7-15-13(11)17-9/h3,5,7,10,14H,2,4,6,8H2,1H3/t10-/m1/s1. The van der Waals surface area contributed by atoms with Crippen LogP contribution in [0.25, 0.3) is 11.0 Å². The third kappa shape index (κ3) is 2.00. The summed E-state index contributed by atoms with van der Waals surface area (Å²) in [6.07, 6.45) is 4.21. The number of nitrogens with zero attached hydrogens (tertiary/aromatic N) is 3. The molecule has 0 aromatic carbocycles. The highest BCUT2D eigenvalue weighted by molar-refractivity contribution is 5.77. The van der Waals surface area contributed by atoms with Gasteiger partial charge in [-0.1, -0.05) is 0 Å². The van der Waals surface area contributed by atoms with Gasteiger partial charge >= 0.3 is 0 Å². The summed E-state index contributed by atoms with van der Waals surface area (Å²) in [7, 11) is 0. The molecule has 0 saturated carbocycles. The maximum atomic E-state index is 4.63. The third-order valence-electron chi connectivity index (χ3n) is 3.30. The maximum absolute atomic E-state index is 4.63. The van der Waals surface area contributed by atoms with Crippen LogP contribution in [-0.2, 0) is 0 Å². The molecule has 4 nitrogen and oxygen atoms in total. The summed E-state index contributed by atoms with van der Waals surface area (Å²) in [6, 6.07) is 4.03. The number of aryl methyl sites for hydroxylation is 1. The molecule has 0 radical (unpaired) electrons. The Morgan fingerprint density at radius 2 is 2.29 bits per heavy atom. The monoisotopic (exact) mass is 228 g/mol. The first kappa shape index (κ1) is 10.6.